The Labute approximate surface area is 122 Å². The topological polar surface area (TPSA) is 46.6 Å². The van der Waals surface area contributed by atoms with E-state index in [1.165, 1.54) is 4.31 Å². The van der Waals surface area contributed by atoms with Crippen molar-refractivity contribution in [3.8, 4) is 0 Å². The Morgan fingerprint density at radius 1 is 1.37 bits per heavy atom. The maximum Gasteiger partial charge on any atom is 0.217 e. The van der Waals surface area contributed by atoms with Gasteiger partial charge in [-0.15, -0.1) is 0 Å². The minimum atomic E-state index is -3.24. The minimum Gasteiger partial charge on any atom is -0.381 e. The van der Waals surface area contributed by atoms with Gasteiger partial charge >= 0.3 is 0 Å². The van der Waals surface area contributed by atoms with Gasteiger partial charge in [0.2, 0.25) is 10.0 Å². The van der Waals surface area contributed by atoms with Crippen molar-refractivity contribution < 1.29 is 13.2 Å². The van der Waals surface area contributed by atoms with E-state index in [0.717, 1.165) is 10.0 Å². The molecule has 0 N–H and O–H groups in total. The number of ether oxygens (including phenoxy) is 1. The van der Waals surface area contributed by atoms with E-state index in [0.29, 0.717) is 32.6 Å². The van der Waals surface area contributed by atoms with Crippen LogP contribution in [0.4, 0.5) is 0 Å². The first-order valence-corrected chi connectivity index (χ1v) is 8.57. The summed E-state index contributed by atoms with van der Waals surface area (Å²) in [5, 5.41) is -0.307. The Balaban J connectivity index is 2.07. The maximum absolute atomic E-state index is 12.4. The van der Waals surface area contributed by atoms with E-state index >= 15 is 0 Å². The fourth-order valence-electron chi connectivity index (χ4n) is 2.21. The Hall–Kier alpha value is -0.430. The van der Waals surface area contributed by atoms with Gasteiger partial charge in [-0.2, -0.15) is 0 Å². The van der Waals surface area contributed by atoms with Crippen LogP contribution in [0.2, 0.25) is 0 Å². The average molecular weight is 348 g/mol. The van der Waals surface area contributed by atoms with E-state index < -0.39 is 10.0 Å². The molecule has 0 spiro atoms. The molecule has 1 aromatic rings. The SMILES string of the molecule is CN(Cc1cccc(Br)c1)S(=O)(=O)C1CCOCC1. The third-order valence-corrected chi connectivity index (χ3v) is 6.12. The number of halogens is 1. The van der Waals surface area contributed by atoms with Gasteiger partial charge in [0.15, 0.2) is 0 Å². The van der Waals surface area contributed by atoms with Crippen molar-refractivity contribution in [2.24, 2.45) is 0 Å². The first-order chi connectivity index (χ1) is 9.00. The molecule has 2 rings (SSSR count). The highest BCUT2D eigenvalue weighted by molar-refractivity contribution is 9.10. The zero-order valence-corrected chi connectivity index (χ0v) is 13.3. The van der Waals surface area contributed by atoms with E-state index in [1.54, 1.807) is 7.05 Å². The molecule has 1 aliphatic heterocycles. The third-order valence-electron chi connectivity index (χ3n) is 3.32. The second-order valence-electron chi connectivity index (χ2n) is 4.74. The highest BCUT2D eigenvalue weighted by Gasteiger charge is 2.31. The van der Waals surface area contributed by atoms with Crippen LogP contribution in [0.3, 0.4) is 0 Å². The van der Waals surface area contributed by atoms with Crippen molar-refractivity contribution in [3.05, 3.63) is 34.3 Å². The van der Waals surface area contributed by atoms with E-state index in [1.807, 2.05) is 24.3 Å². The minimum absolute atomic E-state index is 0.307. The number of hydrogen-bond donors (Lipinski definition) is 0. The van der Waals surface area contributed by atoms with Crippen molar-refractivity contribution in [3.63, 3.8) is 0 Å². The van der Waals surface area contributed by atoms with Crippen molar-refractivity contribution in [1.82, 2.24) is 4.31 Å². The molecule has 0 radical (unpaired) electrons. The number of nitrogens with zero attached hydrogens (tertiary/aromatic N) is 1. The standard InChI is InChI=1S/C13H18BrNO3S/c1-15(10-11-3-2-4-12(14)9-11)19(16,17)13-5-7-18-8-6-13/h2-4,9,13H,5-8,10H2,1H3. The van der Waals surface area contributed by atoms with Gasteiger partial charge in [-0.25, -0.2) is 12.7 Å². The lowest BCUT2D eigenvalue weighted by Crippen LogP contribution is -2.38. The van der Waals surface area contributed by atoms with E-state index in [4.69, 9.17) is 4.74 Å². The van der Waals surface area contributed by atoms with Crippen LogP contribution < -0.4 is 0 Å². The van der Waals surface area contributed by atoms with Gasteiger partial charge < -0.3 is 4.74 Å². The largest absolute Gasteiger partial charge is 0.381 e. The van der Waals surface area contributed by atoms with Crippen LogP contribution in [0.15, 0.2) is 28.7 Å². The fraction of sp³-hybridized carbons (Fsp3) is 0.538. The molecule has 1 saturated heterocycles. The lowest BCUT2D eigenvalue weighted by molar-refractivity contribution is 0.0973. The Kier molecular flexibility index (Phi) is 5.00. The van der Waals surface area contributed by atoms with Crippen LogP contribution in [0.1, 0.15) is 18.4 Å². The van der Waals surface area contributed by atoms with Crippen LogP contribution in [-0.2, 0) is 21.3 Å². The van der Waals surface area contributed by atoms with Gasteiger partial charge in [0.25, 0.3) is 0 Å². The molecular formula is C13H18BrNO3S. The molecular weight excluding hydrogens is 330 g/mol. The molecule has 0 atom stereocenters. The summed E-state index contributed by atoms with van der Waals surface area (Å²) < 4.78 is 32.5. The summed E-state index contributed by atoms with van der Waals surface area (Å²) >= 11 is 3.39. The maximum atomic E-state index is 12.4. The number of sulfonamides is 1. The van der Waals surface area contributed by atoms with E-state index in [-0.39, 0.29) is 5.25 Å². The number of hydrogen-bond acceptors (Lipinski definition) is 3. The molecule has 1 heterocycles. The van der Waals surface area contributed by atoms with Crippen LogP contribution in [0, 0.1) is 0 Å². The number of rotatable bonds is 4. The van der Waals surface area contributed by atoms with Crippen LogP contribution >= 0.6 is 15.9 Å². The first-order valence-electron chi connectivity index (χ1n) is 6.27. The molecule has 0 saturated carbocycles. The van der Waals surface area contributed by atoms with Crippen LogP contribution in [0.5, 0.6) is 0 Å². The summed E-state index contributed by atoms with van der Waals surface area (Å²) in [5.41, 5.74) is 0.979. The normalized spacial score (nSPS) is 17.8. The summed E-state index contributed by atoms with van der Waals surface area (Å²) in [4.78, 5) is 0. The first kappa shape index (κ1) is 15.0. The molecule has 1 aromatic carbocycles. The molecule has 1 aliphatic rings. The molecule has 0 bridgehead atoms. The molecule has 0 unspecified atom stereocenters. The Morgan fingerprint density at radius 3 is 2.68 bits per heavy atom. The third kappa shape index (κ3) is 3.78. The van der Waals surface area contributed by atoms with Gasteiger partial charge in [-0.1, -0.05) is 28.1 Å². The van der Waals surface area contributed by atoms with Gasteiger partial charge in [0.1, 0.15) is 0 Å². The molecule has 4 nitrogen and oxygen atoms in total. The summed E-state index contributed by atoms with van der Waals surface area (Å²) in [6.07, 6.45) is 1.18. The summed E-state index contributed by atoms with van der Waals surface area (Å²) in [7, 11) is -1.59. The van der Waals surface area contributed by atoms with Crippen molar-refractivity contribution in [2.45, 2.75) is 24.6 Å². The van der Waals surface area contributed by atoms with Crippen LogP contribution in [-0.4, -0.2) is 38.2 Å². The molecule has 0 amide bonds. The molecule has 19 heavy (non-hydrogen) atoms. The van der Waals surface area contributed by atoms with Gasteiger partial charge in [0, 0.05) is 31.3 Å². The monoisotopic (exact) mass is 347 g/mol. The van der Waals surface area contributed by atoms with Crippen molar-refractivity contribution in [1.29, 1.82) is 0 Å². The average Bonchev–Trinajstić information content (AvgIpc) is 2.39. The summed E-state index contributed by atoms with van der Waals surface area (Å²) in [5.74, 6) is 0. The second-order valence-corrected chi connectivity index (χ2v) is 7.98. The number of benzene rings is 1. The van der Waals surface area contributed by atoms with Crippen LogP contribution in [0.25, 0.3) is 0 Å². The Morgan fingerprint density at radius 2 is 2.05 bits per heavy atom. The Bertz CT molecular complexity index is 526. The highest BCUT2D eigenvalue weighted by atomic mass is 79.9. The quantitative estimate of drug-likeness (QED) is 0.839. The molecule has 0 aromatic heterocycles. The second kappa shape index (κ2) is 6.35. The van der Waals surface area contributed by atoms with E-state index in [9.17, 15) is 8.42 Å². The molecule has 6 heteroatoms. The predicted molar refractivity (Wildman–Crippen MR) is 78.4 cm³/mol. The summed E-state index contributed by atoms with van der Waals surface area (Å²) in [6.45, 7) is 1.47. The van der Waals surface area contributed by atoms with Gasteiger partial charge in [0.05, 0.1) is 5.25 Å². The zero-order chi connectivity index (χ0) is 13.9. The smallest absolute Gasteiger partial charge is 0.217 e. The van der Waals surface area contributed by atoms with Crippen molar-refractivity contribution >= 4 is 26.0 Å². The van der Waals surface area contributed by atoms with E-state index in [2.05, 4.69) is 15.9 Å². The zero-order valence-electron chi connectivity index (χ0n) is 10.9. The lowest BCUT2D eigenvalue weighted by Gasteiger charge is -2.27. The predicted octanol–water partition coefficient (Wildman–Crippen LogP) is 2.39. The highest BCUT2D eigenvalue weighted by Crippen LogP contribution is 2.21. The molecule has 1 fully saturated rings. The fourth-order valence-corrected chi connectivity index (χ4v) is 4.28. The molecule has 106 valence electrons. The van der Waals surface area contributed by atoms with Crippen molar-refractivity contribution in [2.75, 3.05) is 20.3 Å². The van der Waals surface area contributed by atoms with Gasteiger partial charge in [-0.05, 0) is 30.5 Å². The summed E-state index contributed by atoms with van der Waals surface area (Å²) in [6, 6.07) is 7.71. The van der Waals surface area contributed by atoms with Gasteiger partial charge in [-0.3, -0.25) is 0 Å². The molecule has 0 aliphatic carbocycles. The lowest BCUT2D eigenvalue weighted by atomic mass is 10.2.